The maximum Gasteiger partial charge on any atom is 0.238 e. The summed E-state index contributed by atoms with van der Waals surface area (Å²) in [6.45, 7) is 2.60. The van der Waals surface area contributed by atoms with Crippen LogP contribution in [0.2, 0.25) is 5.02 Å². The Hall–Kier alpha value is -1.06. The molecular formula is C15H19ClN2O. The van der Waals surface area contributed by atoms with Gasteiger partial charge in [0.2, 0.25) is 5.91 Å². The molecule has 102 valence electrons. The highest BCUT2D eigenvalue weighted by atomic mass is 35.5. The predicted molar refractivity (Wildman–Crippen MR) is 75.8 cm³/mol. The summed E-state index contributed by atoms with van der Waals surface area (Å²) in [6.07, 6.45) is 3.76. The van der Waals surface area contributed by atoms with Crippen LogP contribution in [-0.4, -0.2) is 23.4 Å². The van der Waals surface area contributed by atoms with Gasteiger partial charge in [0.15, 0.2) is 0 Å². The second-order valence-electron chi connectivity index (χ2n) is 5.57. The number of nitrogens with one attached hydrogen (secondary N) is 1. The van der Waals surface area contributed by atoms with Crippen LogP contribution in [0.4, 0.5) is 0 Å². The lowest BCUT2D eigenvalue weighted by molar-refractivity contribution is -0.131. The predicted octanol–water partition coefficient (Wildman–Crippen LogP) is 2.96. The maximum atomic E-state index is 12.2. The Morgan fingerprint density at radius 3 is 2.84 bits per heavy atom. The van der Waals surface area contributed by atoms with Crippen LogP contribution in [0, 0.1) is 5.92 Å². The molecule has 19 heavy (non-hydrogen) atoms. The molecule has 1 N–H and O–H groups in total. The fourth-order valence-corrected chi connectivity index (χ4v) is 3.28. The molecule has 2 fully saturated rings. The van der Waals surface area contributed by atoms with E-state index in [-0.39, 0.29) is 12.1 Å². The third-order valence-electron chi connectivity index (χ3n) is 4.45. The van der Waals surface area contributed by atoms with Crippen molar-refractivity contribution in [2.75, 3.05) is 6.54 Å². The van der Waals surface area contributed by atoms with Crippen LogP contribution in [0.3, 0.4) is 0 Å². The van der Waals surface area contributed by atoms with Crippen LogP contribution in [0.1, 0.15) is 37.9 Å². The zero-order valence-electron chi connectivity index (χ0n) is 11.1. The zero-order chi connectivity index (χ0) is 13.4. The van der Waals surface area contributed by atoms with Gasteiger partial charge in [0.25, 0.3) is 0 Å². The van der Waals surface area contributed by atoms with E-state index >= 15 is 0 Å². The van der Waals surface area contributed by atoms with Gasteiger partial charge >= 0.3 is 0 Å². The summed E-state index contributed by atoms with van der Waals surface area (Å²) in [6, 6.07) is 8.08. The Bertz CT molecular complexity index is 487. The fraction of sp³-hybridized carbons (Fsp3) is 0.533. The summed E-state index contributed by atoms with van der Waals surface area (Å²) in [4.78, 5) is 14.2. The molecule has 1 amide bonds. The van der Waals surface area contributed by atoms with Crippen LogP contribution in [0.5, 0.6) is 0 Å². The summed E-state index contributed by atoms with van der Waals surface area (Å²) in [5.74, 6) is 0.856. The smallest absolute Gasteiger partial charge is 0.238 e. The Labute approximate surface area is 118 Å². The second kappa shape index (κ2) is 5.14. The molecule has 2 atom stereocenters. The van der Waals surface area contributed by atoms with E-state index in [1.54, 1.807) is 0 Å². The van der Waals surface area contributed by atoms with Gasteiger partial charge in [-0.05, 0) is 43.4 Å². The first-order valence-electron chi connectivity index (χ1n) is 6.97. The van der Waals surface area contributed by atoms with E-state index in [0.29, 0.717) is 18.5 Å². The highest BCUT2D eigenvalue weighted by Crippen LogP contribution is 2.36. The lowest BCUT2D eigenvalue weighted by Crippen LogP contribution is -2.44. The zero-order valence-corrected chi connectivity index (χ0v) is 11.9. The molecule has 4 heteroatoms. The van der Waals surface area contributed by atoms with Gasteiger partial charge in [-0.3, -0.25) is 10.1 Å². The van der Waals surface area contributed by atoms with E-state index in [0.717, 1.165) is 10.6 Å². The minimum atomic E-state index is -0.0261. The minimum absolute atomic E-state index is 0.0261. The molecule has 0 spiro atoms. The average molecular weight is 279 g/mol. The molecule has 2 aliphatic rings. The summed E-state index contributed by atoms with van der Waals surface area (Å²) >= 11 is 6.06. The summed E-state index contributed by atoms with van der Waals surface area (Å²) in [5, 5.41) is 4.02. The normalized spacial score (nSPS) is 25.5. The largest absolute Gasteiger partial charge is 0.319 e. The Morgan fingerprint density at radius 2 is 2.21 bits per heavy atom. The van der Waals surface area contributed by atoms with Crippen molar-refractivity contribution in [1.29, 1.82) is 0 Å². The van der Waals surface area contributed by atoms with E-state index < -0.39 is 0 Å². The number of amides is 1. The summed E-state index contributed by atoms with van der Waals surface area (Å²) in [7, 11) is 0. The quantitative estimate of drug-likeness (QED) is 0.922. The van der Waals surface area contributed by atoms with Crippen LogP contribution in [-0.2, 0) is 4.79 Å². The van der Waals surface area contributed by atoms with E-state index in [1.165, 1.54) is 19.3 Å². The summed E-state index contributed by atoms with van der Waals surface area (Å²) < 4.78 is 0. The number of hydrogen-bond acceptors (Lipinski definition) is 2. The van der Waals surface area contributed by atoms with E-state index in [4.69, 9.17) is 11.6 Å². The number of benzene rings is 1. The highest BCUT2D eigenvalue weighted by molar-refractivity contribution is 6.30. The maximum absolute atomic E-state index is 12.2. The average Bonchev–Trinajstić information content (AvgIpc) is 2.68. The van der Waals surface area contributed by atoms with Crippen LogP contribution in [0.25, 0.3) is 0 Å². The van der Waals surface area contributed by atoms with Gasteiger partial charge in [-0.15, -0.1) is 0 Å². The molecule has 2 unspecified atom stereocenters. The van der Waals surface area contributed by atoms with Crippen molar-refractivity contribution in [3.63, 3.8) is 0 Å². The number of halogens is 1. The first-order valence-corrected chi connectivity index (χ1v) is 7.34. The Morgan fingerprint density at radius 1 is 1.42 bits per heavy atom. The van der Waals surface area contributed by atoms with Gasteiger partial charge in [-0.1, -0.05) is 30.2 Å². The van der Waals surface area contributed by atoms with Crippen molar-refractivity contribution in [2.45, 2.75) is 38.4 Å². The fourth-order valence-electron chi connectivity index (χ4n) is 3.08. The van der Waals surface area contributed by atoms with Crippen molar-refractivity contribution in [3.8, 4) is 0 Å². The van der Waals surface area contributed by atoms with Crippen molar-refractivity contribution in [2.24, 2.45) is 5.92 Å². The molecule has 1 aliphatic carbocycles. The van der Waals surface area contributed by atoms with Gasteiger partial charge in [0.05, 0.1) is 6.54 Å². The highest BCUT2D eigenvalue weighted by Gasteiger charge is 2.39. The third-order valence-corrected chi connectivity index (χ3v) is 4.68. The van der Waals surface area contributed by atoms with Gasteiger partial charge in [0.1, 0.15) is 6.17 Å². The van der Waals surface area contributed by atoms with Gasteiger partial charge in [-0.25, -0.2) is 0 Å². The minimum Gasteiger partial charge on any atom is -0.319 e. The number of hydrogen-bond donors (Lipinski definition) is 1. The van der Waals surface area contributed by atoms with E-state index in [2.05, 4.69) is 12.2 Å². The van der Waals surface area contributed by atoms with Gasteiger partial charge < -0.3 is 4.90 Å². The number of carbonyl (C=O) groups is 1. The SMILES string of the molecule is CC(C1CCC1)N1C(=O)CNC1c1cccc(Cl)c1. The molecule has 0 bridgehead atoms. The molecule has 0 radical (unpaired) electrons. The van der Waals surface area contributed by atoms with Gasteiger partial charge in [-0.2, -0.15) is 0 Å². The number of carbonyl (C=O) groups excluding carboxylic acids is 1. The van der Waals surface area contributed by atoms with Crippen LogP contribution >= 0.6 is 11.6 Å². The summed E-state index contributed by atoms with van der Waals surface area (Å²) in [5.41, 5.74) is 1.07. The lowest BCUT2D eigenvalue weighted by Gasteiger charge is -2.39. The van der Waals surface area contributed by atoms with Crippen LogP contribution in [0.15, 0.2) is 24.3 Å². The molecule has 1 aliphatic heterocycles. The third kappa shape index (κ3) is 2.37. The molecule has 1 saturated heterocycles. The second-order valence-corrected chi connectivity index (χ2v) is 6.01. The van der Waals surface area contributed by atoms with Crippen LogP contribution < -0.4 is 5.32 Å². The molecule has 1 heterocycles. The monoisotopic (exact) mass is 278 g/mol. The Balaban J connectivity index is 1.85. The van der Waals surface area contributed by atoms with Crippen molar-refractivity contribution < 1.29 is 4.79 Å². The molecule has 0 aromatic heterocycles. The van der Waals surface area contributed by atoms with E-state index in [1.807, 2.05) is 29.2 Å². The Kier molecular flexibility index (Phi) is 3.50. The first kappa shape index (κ1) is 12.9. The molecule has 1 saturated carbocycles. The van der Waals surface area contributed by atoms with E-state index in [9.17, 15) is 4.79 Å². The standard InChI is InChI=1S/C15H19ClN2O/c1-10(11-4-2-5-11)18-14(19)9-17-15(18)12-6-3-7-13(16)8-12/h3,6-8,10-11,15,17H,2,4-5,9H2,1H3. The topological polar surface area (TPSA) is 32.3 Å². The molecule has 3 rings (SSSR count). The van der Waals surface area contributed by atoms with Gasteiger partial charge in [0, 0.05) is 11.1 Å². The molecular weight excluding hydrogens is 260 g/mol. The lowest BCUT2D eigenvalue weighted by atomic mass is 9.79. The number of nitrogens with zero attached hydrogens (tertiary/aromatic N) is 1. The molecule has 3 nitrogen and oxygen atoms in total. The van der Waals surface area contributed by atoms with Crippen molar-refractivity contribution >= 4 is 17.5 Å². The van der Waals surface area contributed by atoms with Crippen molar-refractivity contribution in [3.05, 3.63) is 34.9 Å². The van der Waals surface area contributed by atoms with Crippen molar-refractivity contribution in [1.82, 2.24) is 10.2 Å². The first-order chi connectivity index (χ1) is 9.16. The molecule has 1 aromatic carbocycles. The molecule has 1 aromatic rings. The number of rotatable bonds is 3.